The summed E-state index contributed by atoms with van der Waals surface area (Å²) in [6.45, 7) is 1.91. The molecule has 0 aliphatic carbocycles. The molecule has 3 heteroatoms. The molecule has 0 fully saturated rings. The van der Waals surface area contributed by atoms with E-state index in [1.807, 2.05) is 37.3 Å². The first-order valence-electron chi connectivity index (χ1n) is 6.90. The van der Waals surface area contributed by atoms with Crippen LogP contribution in [0.5, 0.6) is 0 Å². The van der Waals surface area contributed by atoms with Crippen molar-refractivity contribution in [2.24, 2.45) is 0 Å². The van der Waals surface area contributed by atoms with Crippen LogP contribution in [0.1, 0.15) is 22.5 Å². The average Bonchev–Trinajstić information content (AvgIpc) is 2.76. The Morgan fingerprint density at radius 1 is 1.10 bits per heavy atom. The summed E-state index contributed by atoms with van der Waals surface area (Å²) in [5.41, 5.74) is 4.12. The molecule has 3 rings (SSSR count). The minimum Gasteiger partial charge on any atom is -0.481 e. The van der Waals surface area contributed by atoms with Gasteiger partial charge in [-0.05, 0) is 42.2 Å². The number of carbonyl (C=O) groups is 1. The molecule has 0 spiro atoms. The summed E-state index contributed by atoms with van der Waals surface area (Å²) in [5.74, 6) is -0.337. The van der Waals surface area contributed by atoms with E-state index >= 15 is 0 Å². The maximum Gasteiger partial charge on any atom is 0.311 e. The van der Waals surface area contributed by atoms with Gasteiger partial charge in [0.2, 0.25) is 0 Å². The maximum absolute atomic E-state index is 10.8. The Balaban J connectivity index is 1.96. The number of hydrogen-bond donors (Lipinski definition) is 1. The fourth-order valence-corrected chi connectivity index (χ4v) is 2.57. The molecule has 1 aromatic heterocycles. The van der Waals surface area contributed by atoms with Crippen LogP contribution in [0.3, 0.4) is 0 Å². The number of carboxylic acids is 1. The van der Waals surface area contributed by atoms with E-state index in [9.17, 15) is 4.79 Å². The zero-order valence-electron chi connectivity index (χ0n) is 11.8. The predicted molar refractivity (Wildman–Crippen MR) is 81.5 cm³/mol. The lowest BCUT2D eigenvalue weighted by Gasteiger charge is -2.02. The smallest absolute Gasteiger partial charge is 0.311 e. The van der Waals surface area contributed by atoms with Crippen LogP contribution in [-0.2, 0) is 17.6 Å². The van der Waals surface area contributed by atoms with Gasteiger partial charge in [0.25, 0.3) is 0 Å². The van der Waals surface area contributed by atoms with Crippen molar-refractivity contribution in [2.45, 2.75) is 19.8 Å². The van der Waals surface area contributed by atoms with Gasteiger partial charge in [-0.2, -0.15) is 0 Å². The molecular formula is C18H16O3. The summed E-state index contributed by atoms with van der Waals surface area (Å²) in [6.07, 6.45) is 0.782. The Labute approximate surface area is 122 Å². The van der Waals surface area contributed by atoms with Gasteiger partial charge >= 0.3 is 5.97 Å². The van der Waals surface area contributed by atoms with Gasteiger partial charge in [0, 0.05) is 5.39 Å². The van der Waals surface area contributed by atoms with E-state index in [2.05, 4.69) is 18.2 Å². The largest absolute Gasteiger partial charge is 0.481 e. The van der Waals surface area contributed by atoms with Gasteiger partial charge in [-0.15, -0.1) is 0 Å². The highest BCUT2D eigenvalue weighted by Gasteiger charge is 2.13. The molecule has 0 aliphatic rings. The lowest BCUT2D eigenvalue weighted by Crippen LogP contribution is -1.99. The van der Waals surface area contributed by atoms with E-state index in [-0.39, 0.29) is 6.42 Å². The highest BCUT2D eigenvalue weighted by Crippen LogP contribution is 2.27. The molecule has 0 atom stereocenters. The monoisotopic (exact) mass is 280 g/mol. The van der Waals surface area contributed by atoms with Crippen molar-refractivity contribution in [3.05, 3.63) is 71.0 Å². The second-order valence-corrected chi connectivity index (χ2v) is 5.21. The molecule has 3 aromatic rings. The number of aliphatic carboxylic acids is 1. The van der Waals surface area contributed by atoms with Gasteiger partial charge in [-0.3, -0.25) is 4.79 Å². The van der Waals surface area contributed by atoms with Crippen LogP contribution in [0.2, 0.25) is 0 Å². The van der Waals surface area contributed by atoms with Crippen molar-refractivity contribution in [1.82, 2.24) is 0 Å². The van der Waals surface area contributed by atoms with Crippen molar-refractivity contribution in [2.75, 3.05) is 0 Å². The van der Waals surface area contributed by atoms with E-state index in [0.717, 1.165) is 23.0 Å². The third kappa shape index (κ3) is 2.82. The molecule has 0 aliphatic heterocycles. The Morgan fingerprint density at radius 2 is 1.86 bits per heavy atom. The third-order valence-electron chi connectivity index (χ3n) is 3.66. The molecule has 3 nitrogen and oxygen atoms in total. The molecule has 0 amide bonds. The summed E-state index contributed by atoms with van der Waals surface area (Å²) in [6, 6.07) is 16.3. The molecule has 0 unspecified atom stereocenters. The molecule has 21 heavy (non-hydrogen) atoms. The minimum absolute atomic E-state index is 0.0749. The Hall–Kier alpha value is -2.55. The first-order chi connectivity index (χ1) is 10.1. The van der Waals surface area contributed by atoms with Gasteiger partial charge < -0.3 is 9.52 Å². The molecule has 1 heterocycles. The molecule has 0 saturated heterocycles. The minimum atomic E-state index is -0.873. The summed E-state index contributed by atoms with van der Waals surface area (Å²) in [5, 5.41) is 9.91. The molecular weight excluding hydrogens is 264 g/mol. The van der Waals surface area contributed by atoms with Gasteiger partial charge in [-0.25, -0.2) is 0 Å². The molecule has 2 aromatic carbocycles. The van der Waals surface area contributed by atoms with Crippen LogP contribution >= 0.6 is 0 Å². The first-order valence-corrected chi connectivity index (χ1v) is 6.90. The SMILES string of the molecule is Cc1c(CC(=O)O)oc2ccc(Cc3ccccc3)cc12. The molecule has 106 valence electrons. The molecule has 1 N–H and O–H groups in total. The van der Waals surface area contributed by atoms with Crippen molar-refractivity contribution < 1.29 is 14.3 Å². The highest BCUT2D eigenvalue weighted by molar-refractivity contribution is 5.84. The fraction of sp³-hybridized carbons (Fsp3) is 0.167. The third-order valence-corrected chi connectivity index (χ3v) is 3.66. The standard InChI is InChI=1S/C18H16O3/c1-12-15-10-14(9-13-5-3-2-4-6-13)7-8-16(15)21-17(12)11-18(19)20/h2-8,10H,9,11H2,1H3,(H,19,20). The quantitative estimate of drug-likeness (QED) is 0.787. The second kappa shape index (κ2) is 5.44. The lowest BCUT2D eigenvalue weighted by molar-refractivity contribution is -0.136. The topological polar surface area (TPSA) is 50.4 Å². The molecule has 0 bridgehead atoms. The molecule has 0 saturated carbocycles. The van der Waals surface area contributed by atoms with Crippen LogP contribution < -0.4 is 0 Å². The lowest BCUT2D eigenvalue weighted by atomic mass is 10.0. The number of rotatable bonds is 4. The van der Waals surface area contributed by atoms with Gasteiger partial charge in [0.1, 0.15) is 17.8 Å². The van der Waals surface area contributed by atoms with Crippen LogP contribution in [0.15, 0.2) is 52.9 Å². The van der Waals surface area contributed by atoms with Gasteiger partial charge in [-0.1, -0.05) is 36.4 Å². The number of furan rings is 1. The maximum atomic E-state index is 10.8. The average molecular weight is 280 g/mol. The number of hydrogen-bond acceptors (Lipinski definition) is 2. The Kier molecular flexibility index (Phi) is 3.48. The fourth-order valence-electron chi connectivity index (χ4n) is 2.57. The summed E-state index contributed by atoms with van der Waals surface area (Å²) >= 11 is 0. The van der Waals surface area contributed by atoms with Crippen molar-refractivity contribution in [3.8, 4) is 0 Å². The van der Waals surface area contributed by atoms with Crippen LogP contribution in [0.4, 0.5) is 0 Å². The normalized spacial score (nSPS) is 10.9. The number of fused-ring (bicyclic) bond motifs is 1. The second-order valence-electron chi connectivity index (χ2n) is 5.21. The first kappa shape index (κ1) is 13.4. The zero-order chi connectivity index (χ0) is 14.8. The predicted octanol–water partition coefficient (Wildman–Crippen LogP) is 3.96. The number of benzene rings is 2. The zero-order valence-corrected chi connectivity index (χ0v) is 11.8. The van der Waals surface area contributed by atoms with Crippen LogP contribution in [0.25, 0.3) is 11.0 Å². The number of carboxylic acid groups (broad SMARTS) is 1. The van der Waals surface area contributed by atoms with Crippen molar-refractivity contribution in [1.29, 1.82) is 0 Å². The van der Waals surface area contributed by atoms with E-state index in [0.29, 0.717) is 5.76 Å². The van der Waals surface area contributed by atoms with E-state index in [1.165, 1.54) is 11.1 Å². The van der Waals surface area contributed by atoms with E-state index < -0.39 is 5.97 Å². The Bertz CT molecular complexity index is 785. The van der Waals surface area contributed by atoms with E-state index in [1.54, 1.807) is 0 Å². The summed E-state index contributed by atoms with van der Waals surface area (Å²) < 4.78 is 5.63. The van der Waals surface area contributed by atoms with Gasteiger partial charge in [0.15, 0.2) is 0 Å². The Morgan fingerprint density at radius 3 is 2.57 bits per heavy atom. The van der Waals surface area contributed by atoms with Crippen molar-refractivity contribution >= 4 is 16.9 Å². The highest BCUT2D eigenvalue weighted by atomic mass is 16.4. The van der Waals surface area contributed by atoms with Crippen LogP contribution in [0, 0.1) is 6.92 Å². The van der Waals surface area contributed by atoms with Gasteiger partial charge in [0.05, 0.1) is 0 Å². The summed E-state index contributed by atoms with van der Waals surface area (Å²) in [7, 11) is 0. The molecule has 0 radical (unpaired) electrons. The van der Waals surface area contributed by atoms with Crippen LogP contribution in [-0.4, -0.2) is 11.1 Å². The van der Waals surface area contributed by atoms with E-state index in [4.69, 9.17) is 9.52 Å². The summed E-state index contributed by atoms with van der Waals surface area (Å²) in [4.78, 5) is 10.8. The van der Waals surface area contributed by atoms with Crippen molar-refractivity contribution in [3.63, 3.8) is 0 Å². The number of aryl methyl sites for hydroxylation is 1.